The predicted molar refractivity (Wildman–Crippen MR) is 85.9 cm³/mol. The molecule has 4 nitrogen and oxygen atoms in total. The molecule has 1 aromatic rings. The highest BCUT2D eigenvalue weighted by Crippen LogP contribution is 2.24. The standard InChI is InChI=1S/C17H26N2O2/c1-4-21-16-11-15(10-7-13(16)3)19-17(20)18-14-8-5-12(2)6-9-14/h7,10-12,14H,4-6,8-9H2,1-3H3,(H2,18,19,20). The van der Waals surface area contributed by atoms with E-state index in [9.17, 15) is 4.79 Å². The molecular weight excluding hydrogens is 264 g/mol. The average molecular weight is 290 g/mol. The van der Waals surface area contributed by atoms with Crippen LogP contribution in [0.2, 0.25) is 0 Å². The Morgan fingerprint density at radius 2 is 2.00 bits per heavy atom. The smallest absolute Gasteiger partial charge is 0.319 e. The van der Waals surface area contributed by atoms with Crippen LogP contribution >= 0.6 is 0 Å². The van der Waals surface area contributed by atoms with Gasteiger partial charge in [-0.1, -0.05) is 13.0 Å². The molecule has 21 heavy (non-hydrogen) atoms. The number of carbonyl (C=O) groups excluding carboxylic acids is 1. The molecule has 116 valence electrons. The number of amides is 2. The van der Waals surface area contributed by atoms with Gasteiger partial charge in [0, 0.05) is 17.8 Å². The largest absolute Gasteiger partial charge is 0.494 e. The Hall–Kier alpha value is -1.71. The molecule has 0 aliphatic heterocycles. The number of anilines is 1. The van der Waals surface area contributed by atoms with Crippen molar-refractivity contribution in [2.75, 3.05) is 11.9 Å². The number of rotatable bonds is 4. The van der Waals surface area contributed by atoms with Crippen molar-refractivity contribution in [2.24, 2.45) is 5.92 Å². The summed E-state index contributed by atoms with van der Waals surface area (Å²) < 4.78 is 5.55. The fourth-order valence-electron chi connectivity index (χ4n) is 2.75. The van der Waals surface area contributed by atoms with Gasteiger partial charge in [0.2, 0.25) is 0 Å². The van der Waals surface area contributed by atoms with Crippen LogP contribution in [0.5, 0.6) is 5.75 Å². The van der Waals surface area contributed by atoms with Crippen molar-refractivity contribution >= 4 is 11.7 Å². The SMILES string of the molecule is CCOc1cc(NC(=O)NC2CCC(C)CC2)ccc1C. The lowest BCUT2D eigenvalue weighted by Crippen LogP contribution is -2.39. The van der Waals surface area contributed by atoms with Crippen LogP contribution in [0.3, 0.4) is 0 Å². The van der Waals surface area contributed by atoms with E-state index in [0.29, 0.717) is 12.6 Å². The van der Waals surface area contributed by atoms with Crippen molar-refractivity contribution in [1.82, 2.24) is 5.32 Å². The van der Waals surface area contributed by atoms with Gasteiger partial charge in [0.15, 0.2) is 0 Å². The Kier molecular flexibility index (Phi) is 5.48. The van der Waals surface area contributed by atoms with Gasteiger partial charge in [-0.3, -0.25) is 0 Å². The summed E-state index contributed by atoms with van der Waals surface area (Å²) in [5.74, 6) is 1.61. The zero-order valence-electron chi connectivity index (χ0n) is 13.2. The summed E-state index contributed by atoms with van der Waals surface area (Å²) in [7, 11) is 0. The first kappa shape index (κ1) is 15.7. The third-order valence-corrected chi connectivity index (χ3v) is 4.10. The summed E-state index contributed by atoms with van der Waals surface area (Å²) in [4.78, 5) is 12.1. The molecule has 1 saturated carbocycles. The van der Waals surface area contributed by atoms with Crippen LogP contribution in [0.4, 0.5) is 10.5 Å². The maximum Gasteiger partial charge on any atom is 0.319 e. The highest BCUT2D eigenvalue weighted by molar-refractivity contribution is 5.89. The average Bonchev–Trinajstić information content (AvgIpc) is 2.45. The molecular formula is C17H26N2O2. The normalized spacial score (nSPS) is 21.7. The van der Waals surface area contributed by atoms with Crippen LogP contribution in [0.25, 0.3) is 0 Å². The zero-order chi connectivity index (χ0) is 15.2. The zero-order valence-corrected chi connectivity index (χ0v) is 13.2. The quantitative estimate of drug-likeness (QED) is 0.877. The van der Waals surface area contributed by atoms with Crippen molar-refractivity contribution < 1.29 is 9.53 Å². The van der Waals surface area contributed by atoms with Crippen LogP contribution in [0, 0.1) is 12.8 Å². The molecule has 0 aromatic heterocycles. The van der Waals surface area contributed by atoms with Gasteiger partial charge in [-0.15, -0.1) is 0 Å². The van der Waals surface area contributed by atoms with Crippen LogP contribution in [0.15, 0.2) is 18.2 Å². The minimum Gasteiger partial charge on any atom is -0.494 e. The maximum atomic E-state index is 12.1. The summed E-state index contributed by atoms with van der Waals surface area (Å²) in [6.45, 7) is 6.85. The lowest BCUT2D eigenvalue weighted by molar-refractivity contribution is 0.239. The van der Waals surface area contributed by atoms with Gasteiger partial charge in [0.1, 0.15) is 5.75 Å². The molecule has 0 radical (unpaired) electrons. The summed E-state index contributed by atoms with van der Waals surface area (Å²) in [5, 5.41) is 5.96. The van der Waals surface area contributed by atoms with Crippen LogP contribution in [-0.4, -0.2) is 18.7 Å². The van der Waals surface area contributed by atoms with E-state index in [4.69, 9.17) is 4.74 Å². The van der Waals surface area contributed by atoms with E-state index < -0.39 is 0 Å². The van der Waals surface area contributed by atoms with Crippen LogP contribution in [0.1, 0.15) is 45.1 Å². The van der Waals surface area contributed by atoms with Crippen LogP contribution < -0.4 is 15.4 Å². The monoisotopic (exact) mass is 290 g/mol. The molecule has 0 spiro atoms. The first-order chi connectivity index (χ1) is 10.1. The molecule has 1 aromatic carbocycles. The van der Waals surface area contributed by atoms with Crippen molar-refractivity contribution in [1.29, 1.82) is 0 Å². The molecule has 0 saturated heterocycles. The highest BCUT2D eigenvalue weighted by atomic mass is 16.5. The predicted octanol–water partition coefficient (Wildman–Crippen LogP) is 4.09. The Morgan fingerprint density at radius 3 is 2.67 bits per heavy atom. The van der Waals surface area contributed by atoms with Crippen molar-refractivity contribution in [3.63, 3.8) is 0 Å². The molecule has 0 bridgehead atoms. The number of nitrogens with one attached hydrogen (secondary N) is 2. The summed E-state index contributed by atoms with van der Waals surface area (Å²) in [5.41, 5.74) is 1.84. The summed E-state index contributed by atoms with van der Waals surface area (Å²) in [6.07, 6.45) is 4.55. The van der Waals surface area contributed by atoms with Gasteiger partial charge in [-0.2, -0.15) is 0 Å². The van der Waals surface area contributed by atoms with Gasteiger partial charge in [-0.05, 0) is 57.1 Å². The van der Waals surface area contributed by atoms with Gasteiger partial charge < -0.3 is 15.4 Å². The first-order valence-corrected chi connectivity index (χ1v) is 7.89. The summed E-state index contributed by atoms with van der Waals surface area (Å²) >= 11 is 0. The van der Waals surface area contributed by atoms with E-state index >= 15 is 0 Å². The van der Waals surface area contributed by atoms with Crippen molar-refractivity contribution in [2.45, 2.75) is 52.5 Å². The molecule has 2 rings (SSSR count). The topological polar surface area (TPSA) is 50.4 Å². The second kappa shape index (κ2) is 7.34. The number of hydrogen-bond acceptors (Lipinski definition) is 2. The first-order valence-electron chi connectivity index (χ1n) is 7.89. The number of carbonyl (C=O) groups is 1. The highest BCUT2D eigenvalue weighted by Gasteiger charge is 2.19. The third-order valence-electron chi connectivity index (χ3n) is 4.10. The second-order valence-electron chi connectivity index (χ2n) is 5.97. The molecule has 1 aliphatic rings. The number of urea groups is 1. The van der Waals surface area contributed by atoms with Crippen LogP contribution in [-0.2, 0) is 0 Å². The molecule has 0 atom stereocenters. The van der Waals surface area contributed by atoms with Gasteiger partial charge in [0.05, 0.1) is 6.61 Å². The van der Waals surface area contributed by atoms with Gasteiger partial charge in [0.25, 0.3) is 0 Å². The molecule has 0 heterocycles. The maximum absolute atomic E-state index is 12.1. The van der Waals surface area contributed by atoms with E-state index in [2.05, 4.69) is 17.6 Å². The van der Waals surface area contributed by atoms with E-state index in [1.165, 1.54) is 12.8 Å². The third kappa shape index (κ3) is 4.66. The van der Waals surface area contributed by atoms with E-state index in [0.717, 1.165) is 35.8 Å². The lowest BCUT2D eigenvalue weighted by atomic mass is 9.87. The number of benzene rings is 1. The molecule has 0 unspecified atom stereocenters. The van der Waals surface area contributed by atoms with Crippen molar-refractivity contribution in [3.8, 4) is 5.75 Å². The Balaban J connectivity index is 1.89. The lowest BCUT2D eigenvalue weighted by Gasteiger charge is -2.27. The fraction of sp³-hybridized carbons (Fsp3) is 0.588. The van der Waals surface area contributed by atoms with Crippen molar-refractivity contribution in [3.05, 3.63) is 23.8 Å². The number of hydrogen-bond donors (Lipinski definition) is 2. The second-order valence-corrected chi connectivity index (χ2v) is 5.97. The number of ether oxygens (including phenoxy) is 1. The van der Waals surface area contributed by atoms with E-state index in [1.54, 1.807) is 0 Å². The molecule has 1 fully saturated rings. The molecule has 1 aliphatic carbocycles. The summed E-state index contributed by atoms with van der Waals surface area (Å²) in [6, 6.07) is 5.92. The molecule has 2 N–H and O–H groups in total. The fourth-order valence-corrected chi connectivity index (χ4v) is 2.75. The molecule has 2 amide bonds. The molecule has 4 heteroatoms. The van der Waals surface area contributed by atoms with E-state index in [1.807, 2.05) is 32.0 Å². The van der Waals surface area contributed by atoms with Gasteiger partial charge >= 0.3 is 6.03 Å². The Labute approximate surface area is 127 Å². The minimum atomic E-state index is -0.124. The minimum absolute atomic E-state index is 0.124. The van der Waals surface area contributed by atoms with E-state index in [-0.39, 0.29) is 6.03 Å². The Bertz CT molecular complexity index is 480. The van der Waals surface area contributed by atoms with Gasteiger partial charge in [-0.25, -0.2) is 4.79 Å². The Morgan fingerprint density at radius 1 is 1.29 bits per heavy atom. The number of aryl methyl sites for hydroxylation is 1.